The first-order chi connectivity index (χ1) is 8.21. The number of aliphatic carboxylic acids is 1. The summed E-state index contributed by atoms with van der Waals surface area (Å²) >= 11 is 0. The standard InChI is InChI=1S/C14H26O5/c1-9(2)10(15)14(11(16)17,18-12(3,4)5)19-13(6,7)8/h9H,1-8H3,(H,16,17). The van der Waals surface area contributed by atoms with Gasteiger partial charge in [0.25, 0.3) is 0 Å². The molecule has 0 aromatic carbocycles. The zero-order valence-corrected chi connectivity index (χ0v) is 13.2. The lowest BCUT2D eigenvalue weighted by molar-refractivity contribution is -0.289. The molecule has 5 heteroatoms. The second-order valence-corrected chi connectivity index (χ2v) is 6.87. The lowest BCUT2D eigenvalue weighted by atomic mass is 9.98. The maximum atomic E-state index is 12.3. The number of carbonyl (C=O) groups excluding carboxylic acids is 1. The molecule has 0 aliphatic rings. The third-order valence-corrected chi connectivity index (χ3v) is 2.03. The van der Waals surface area contributed by atoms with Gasteiger partial charge < -0.3 is 14.6 Å². The van der Waals surface area contributed by atoms with Gasteiger partial charge in [-0.1, -0.05) is 13.8 Å². The minimum absolute atomic E-state index is 0.513. The fourth-order valence-corrected chi connectivity index (χ4v) is 1.56. The molecule has 0 radical (unpaired) electrons. The van der Waals surface area contributed by atoms with Crippen LogP contribution in [-0.4, -0.2) is 33.8 Å². The molecule has 0 spiro atoms. The molecular formula is C14H26O5. The van der Waals surface area contributed by atoms with E-state index >= 15 is 0 Å². The molecule has 19 heavy (non-hydrogen) atoms. The first kappa shape index (κ1) is 18.1. The molecule has 5 nitrogen and oxygen atoms in total. The smallest absolute Gasteiger partial charge is 0.372 e. The van der Waals surface area contributed by atoms with Crippen molar-refractivity contribution in [2.75, 3.05) is 0 Å². The van der Waals surface area contributed by atoms with Gasteiger partial charge in [-0.05, 0) is 41.5 Å². The molecule has 0 bridgehead atoms. The number of Topliss-reactive ketones (excluding diaryl/α,β-unsaturated/α-hetero) is 1. The number of carbonyl (C=O) groups is 2. The highest BCUT2D eigenvalue weighted by Gasteiger charge is 2.54. The number of carboxylic acids is 1. The van der Waals surface area contributed by atoms with Crippen molar-refractivity contribution in [2.45, 2.75) is 72.4 Å². The fourth-order valence-electron chi connectivity index (χ4n) is 1.56. The van der Waals surface area contributed by atoms with Crippen LogP contribution in [0.3, 0.4) is 0 Å². The Morgan fingerprint density at radius 3 is 1.37 bits per heavy atom. The number of hydrogen-bond donors (Lipinski definition) is 1. The molecule has 0 aromatic heterocycles. The Kier molecular flexibility index (Phi) is 5.31. The zero-order valence-electron chi connectivity index (χ0n) is 13.2. The van der Waals surface area contributed by atoms with E-state index in [1.54, 1.807) is 55.4 Å². The first-order valence-electron chi connectivity index (χ1n) is 6.39. The molecule has 0 amide bonds. The van der Waals surface area contributed by atoms with Gasteiger partial charge in [0.2, 0.25) is 5.78 Å². The van der Waals surface area contributed by atoms with Gasteiger partial charge in [-0.25, -0.2) is 4.79 Å². The van der Waals surface area contributed by atoms with Crippen LogP contribution in [0.2, 0.25) is 0 Å². The van der Waals surface area contributed by atoms with Gasteiger partial charge in [0.1, 0.15) is 0 Å². The number of hydrogen-bond acceptors (Lipinski definition) is 4. The van der Waals surface area contributed by atoms with Crippen LogP contribution < -0.4 is 0 Å². The van der Waals surface area contributed by atoms with Crippen molar-refractivity contribution in [1.29, 1.82) is 0 Å². The molecule has 0 fully saturated rings. The normalized spacial score (nSPS) is 13.7. The molecule has 0 aliphatic carbocycles. The highest BCUT2D eigenvalue weighted by Crippen LogP contribution is 2.30. The van der Waals surface area contributed by atoms with Gasteiger partial charge in [-0.15, -0.1) is 0 Å². The van der Waals surface area contributed by atoms with Crippen LogP contribution in [0.1, 0.15) is 55.4 Å². The van der Waals surface area contributed by atoms with Crippen molar-refractivity contribution in [1.82, 2.24) is 0 Å². The second kappa shape index (κ2) is 5.59. The largest absolute Gasteiger partial charge is 0.477 e. The molecule has 0 unspecified atom stereocenters. The zero-order chi connectivity index (χ0) is 15.6. The maximum absolute atomic E-state index is 12.3. The second-order valence-electron chi connectivity index (χ2n) is 6.87. The summed E-state index contributed by atoms with van der Waals surface area (Å²) in [6, 6.07) is 0. The average Bonchev–Trinajstić information content (AvgIpc) is 2.10. The molecule has 0 rings (SSSR count). The molecule has 112 valence electrons. The Balaban J connectivity index is 5.76. The summed E-state index contributed by atoms with van der Waals surface area (Å²) in [5, 5.41) is 9.50. The van der Waals surface area contributed by atoms with Gasteiger partial charge in [0.05, 0.1) is 11.2 Å². The minimum atomic E-state index is -2.27. The van der Waals surface area contributed by atoms with E-state index in [0.717, 1.165) is 0 Å². The van der Waals surface area contributed by atoms with Crippen LogP contribution in [0.25, 0.3) is 0 Å². The Bertz CT molecular complexity index is 328. The van der Waals surface area contributed by atoms with Crippen molar-refractivity contribution in [2.24, 2.45) is 5.92 Å². The molecule has 0 heterocycles. The molecule has 0 aromatic rings. The topological polar surface area (TPSA) is 72.8 Å². The number of carboxylic acid groups (broad SMARTS) is 1. The van der Waals surface area contributed by atoms with E-state index in [1.165, 1.54) is 0 Å². The lowest BCUT2D eigenvalue weighted by Gasteiger charge is -2.39. The SMILES string of the molecule is CC(C)C(=O)C(OC(C)(C)C)(OC(C)(C)C)C(=O)O. The summed E-state index contributed by atoms with van der Waals surface area (Å²) in [5.41, 5.74) is -1.65. The van der Waals surface area contributed by atoms with E-state index in [0.29, 0.717) is 0 Å². The highest BCUT2D eigenvalue weighted by atomic mass is 16.7. The maximum Gasteiger partial charge on any atom is 0.372 e. The van der Waals surface area contributed by atoms with Gasteiger partial charge >= 0.3 is 11.8 Å². The van der Waals surface area contributed by atoms with Crippen LogP contribution in [0.4, 0.5) is 0 Å². The summed E-state index contributed by atoms with van der Waals surface area (Å²) in [4.78, 5) is 24.0. The number of rotatable bonds is 5. The number of ether oxygens (including phenoxy) is 2. The van der Waals surface area contributed by atoms with Crippen LogP contribution in [0, 0.1) is 5.92 Å². The van der Waals surface area contributed by atoms with Crippen molar-refractivity contribution in [3.63, 3.8) is 0 Å². The molecule has 0 atom stereocenters. The van der Waals surface area contributed by atoms with Gasteiger partial charge in [-0.3, -0.25) is 4.79 Å². The predicted octanol–water partition coefficient (Wildman–Crippen LogP) is 2.62. The van der Waals surface area contributed by atoms with E-state index in [-0.39, 0.29) is 0 Å². The molecular weight excluding hydrogens is 248 g/mol. The van der Waals surface area contributed by atoms with E-state index in [9.17, 15) is 14.7 Å². The predicted molar refractivity (Wildman–Crippen MR) is 71.9 cm³/mol. The van der Waals surface area contributed by atoms with E-state index in [2.05, 4.69) is 0 Å². The summed E-state index contributed by atoms with van der Waals surface area (Å²) < 4.78 is 11.0. The van der Waals surface area contributed by atoms with Crippen molar-refractivity contribution in [3.8, 4) is 0 Å². The third kappa shape index (κ3) is 5.28. The van der Waals surface area contributed by atoms with Crippen LogP contribution in [-0.2, 0) is 19.1 Å². The minimum Gasteiger partial charge on any atom is -0.477 e. The van der Waals surface area contributed by atoms with E-state index in [4.69, 9.17) is 9.47 Å². The fraction of sp³-hybridized carbons (Fsp3) is 0.857. The van der Waals surface area contributed by atoms with E-state index < -0.39 is 34.7 Å². The molecule has 0 saturated heterocycles. The molecule has 0 aliphatic heterocycles. The Labute approximate surface area is 115 Å². The third-order valence-electron chi connectivity index (χ3n) is 2.03. The van der Waals surface area contributed by atoms with Gasteiger partial charge in [-0.2, -0.15) is 0 Å². The van der Waals surface area contributed by atoms with Gasteiger partial charge in [0, 0.05) is 5.92 Å². The molecule has 0 saturated carbocycles. The first-order valence-corrected chi connectivity index (χ1v) is 6.39. The van der Waals surface area contributed by atoms with Crippen molar-refractivity contribution >= 4 is 11.8 Å². The van der Waals surface area contributed by atoms with E-state index in [1.807, 2.05) is 0 Å². The van der Waals surface area contributed by atoms with Crippen LogP contribution >= 0.6 is 0 Å². The van der Waals surface area contributed by atoms with Gasteiger partial charge in [0.15, 0.2) is 0 Å². The Morgan fingerprint density at radius 2 is 1.21 bits per heavy atom. The monoisotopic (exact) mass is 274 g/mol. The van der Waals surface area contributed by atoms with Crippen LogP contribution in [0.5, 0.6) is 0 Å². The quantitative estimate of drug-likeness (QED) is 0.616. The average molecular weight is 274 g/mol. The highest BCUT2D eigenvalue weighted by molar-refractivity contribution is 6.05. The van der Waals surface area contributed by atoms with Crippen LogP contribution in [0.15, 0.2) is 0 Å². The van der Waals surface area contributed by atoms with Crippen molar-refractivity contribution in [3.05, 3.63) is 0 Å². The van der Waals surface area contributed by atoms with Crippen molar-refractivity contribution < 1.29 is 24.2 Å². The summed E-state index contributed by atoms with van der Waals surface area (Å²) in [5.74, 6) is -4.80. The Hall–Kier alpha value is -0.940. The summed E-state index contributed by atoms with van der Waals surface area (Å²) in [6.07, 6.45) is 0. The number of ketones is 1. The summed E-state index contributed by atoms with van der Waals surface area (Å²) in [6.45, 7) is 13.4. The summed E-state index contributed by atoms with van der Waals surface area (Å²) in [7, 11) is 0. The molecule has 1 N–H and O–H groups in total. The Morgan fingerprint density at radius 1 is 0.895 bits per heavy atom. The lowest BCUT2D eigenvalue weighted by Crippen LogP contribution is -2.59.